The molecule has 0 bridgehead atoms. The molecule has 3 heteroatoms. The largest absolute Gasteiger partial charge is 0.382 e. The Labute approximate surface area is 127 Å². The van der Waals surface area contributed by atoms with E-state index in [1.807, 2.05) is 18.2 Å². The first-order chi connectivity index (χ1) is 9.63. The van der Waals surface area contributed by atoms with Crippen LogP contribution in [-0.2, 0) is 0 Å². The Morgan fingerprint density at radius 3 is 2.60 bits per heavy atom. The van der Waals surface area contributed by atoms with Crippen LogP contribution in [0.1, 0.15) is 29.9 Å². The Morgan fingerprint density at radius 1 is 1.15 bits per heavy atom. The number of anilines is 1. The molecule has 1 aliphatic rings. The number of hydrogen-bond acceptors (Lipinski definition) is 1. The summed E-state index contributed by atoms with van der Waals surface area (Å²) in [6.07, 6.45) is 1.99. The molecule has 104 valence electrons. The highest BCUT2D eigenvalue weighted by Crippen LogP contribution is 2.39. The molecule has 0 aliphatic heterocycles. The van der Waals surface area contributed by atoms with Crippen LogP contribution in [0.2, 0.25) is 0 Å². The zero-order chi connectivity index (χ0) is 14.1. The molecule has 0 atom stereocenters. The molecule has 1 N–H and O–H groups in total. The number of rotatable bonds is 3. The van der Waals surface area contributed by atoms with Crippen molar-refractivity contribution in [2.45, 2.75) is 31.7 Å². The third-order valence-corrected chi connectivity index (χ3v) is 4.52. The Bertz CT molecular complexity index is 620. The van der Waals surface area contributed by atoms with Crippen molar-refractivity contribution in [3.05, 3.63) is 63.9 Å². The Morgan fingerprint density at radius 2 is 1.90 bits per heavy atom. The maximum atomic E-state index is 13.7. The molecule has 2 aromatic rings. The lowest BCUT2D eigenvalue weighted by molar-refractivity contribution is 0.363. The molecule has 1 nitrogen and oxygen atoms in total. The van der Waals surface area contributed by atoms with Gasteiger partial charge in [-0.3, -0.25) is 0 Å². The predicted octanol–water partition coefficient (Wildman–Crippen LogP) is 5.25. The van der Waals surface area contributed by atoms with E-state index in [0.717, 1.165) is 22.9 Å². The van der Waals surface area contributed by atoms with Gasteiger partial charge >= 0.3 is 0 Å². The highest BCUT2D eigenvalue weighted by molar-refractivity contribution is 9.10. The minimum absolute atomic E-state index is 0.0734. The molecule has 0 spiro atoms. The minimum atomic E-state index is -0.0734. The topological polar surface area (TPSA) is 12.0 Å². The second kappa shape index (κ2) is 5.57. The monoisotopic (exact) mass is 333 g/mol. The van der Waals surface area contributed by atoms with Crippen LogP contribution in [-0.4, -0.2) is 6.04 Å². The van der Waals surface area contributed by atoms with E-state index in [1.54, 1.807) is 12.1 Å². The average Bonchev–Trinajstić information content (AvgIpc) is 2.37. The van der Waals surface area contributed by atoms with Gasteiger partial charge in [0.15, 0.2) is 0 Å². The Kier molecular flexibility index (Phi) is 3.79. The third kappa shape index (κ3) is 2.73. The van der Waals surface area contributed by atoms with Gasteiger partial charge in [-0.15, -0.1) is 0 Å². The van der Waals surface area contributed by atoms with Crippen molar-refractivity contribution >= 4 is 21.6 Å². The number of halogens is 2. The highest BCUT2D eigenvalue weighted by Gasteiger charge is 2.31. The molecular formula is C17H17BrFN. The fourth-order valence-corrected chi connectivity index (χ4v) is 3.28. The zero-order valence-electron chi connectivity index (χ0n) is 11.4. The molecule has 3 rings (SSSR count). The lowest BCUT2D eigenvalue weighted by Gasteiger charge is -2.37. The number of hydrogen-bond donors (Lipinski definition) is 1. The van der Waals surface area contributed by atoms with E-state index in [0.29, 0.717) is 12.0 Å². The summed E-state index contributed by atoms with van der Waals surface area (Å²) in [7, 11) is 0. The van der Waals surface area contributed by atoms with E-state index in [4.69, 9.17) is 0 Å². The van der Waals surface area contributed by atoms with Gasteiger partial charge in [-0.2, -0.15) is 0 Å². The van der Waals surface area contributed by atoms with E-state index in [-0.39, 0.29) is 5.82 Å². The van der Waals surface area contributed by atoms with Crippen molar-refractivity contribution in [2.75, 3.05) is 5.32 Å². The van der Waals surface area contributed by atoms with Gasteiger partial charge in [0.05, 0.1) is 0 Å². The van der Waals surface area contributed by atoms with Crippen LogP contribution in [0.5, 0.6) is 0 Å². The molecule has 0 saturated heterocycles. The van der Waals surface area contributed by atoms with E-state index in [2.05, 4.69) is 40.3 Å². The van der Waals surface area contributed by atoms with Crippen molar-refractivity contribution in [3.63, 3.8) is 0 Å². The van der Waals surface area contributed by atoms with E-state index >= 15 is 0 Å². The molecule has 1 aliphatic carbocycles. The quantitative estimate of drug-likeness (QED) is 0.808. The molecule has 1 fully saturated rings. The van der Waals surface area contributed by atoms with Gasteiger partial charge < -0.3 is 5.32 Å². The molecule has 1 saturated carbocycles. The first-order valence-corrected chi connectivity index (χ1v) is 7.70. The summed E-state index contributed by atoms with van der Waals surface area (Å²) >= 11 is 3.47. The zero-order valence-corrected chi connectivity index (χ0v) is 13.0. The van der Waals surface area contributed by atoms with Crippen molar-refractivity contribution in [1.29, 1.82) is 0 Å². The van der Waals surface area contributed by atoms with Gasteiger partial charge in [0.1, 0.15) is 5.82 Å². The number of aryl methyl sites for hydroxylation is 1. The average molecular weight is 334 g/mol. The third-order valence-electron chi connectivity index (χ3n) is 4.03. The van der Waals surface area contributed by atoms with Crippen LogP contribution in [0.3, 0.4) is 0 Å². The van der Waals surface area contributed by atoms with Gasteiger partial charge in [0.25, 0.3) is 0 Å². The van der Waals surface area contributed by atoms with Crippen LogP contribution in [0.4, 0.5) is 10.1 Å². The molecule has 0 aromatic heterocycles. The predicted molar refractivity (Wildman–Crippen MR) is 84.7 cm³/mol. The van der Waals surface area contributed by atoms with Gasteiger partial charge in [0.2, 0.25) is 0 Å². The Balaban J connectivity index is 1.62. The van der Waals surface area contributed by atoms with Crippen molar-refractivity contribution in [3.8, 4) is 0 Å². The lowest BCUT2D eigenvalue weighted by Crippen LogP contribution is -2.34. The smallest absolute Gasteiger partial charge is 0.126 e. The molecule has 2 aromatic carbocycles. The van der Waals surface area contributed by atoms with Gasteiger partial charge in [-0.1, -0.05) is 34.1 Å². The summed E-state index contributed by atoms with van der Waals surface area (Å²) in [5.74, 6) is 0.278. The summed E-state index contributed by atoms with van der Waals surface area (Å²) in [4.78, 5) is 0. The second-order valence-corrected chi connectivity index (χ2v) is 6.41. The van der Waals surface area contributed by atoms with Crippen LogP contribution >= 0.6 is 15.9 Å². The molecule has 20 heavy (non-hydrogen) atoms. The summed E-state index contributed by atoms with van der Waals surface area (Å²) in [5, 5.41) is 3.55. The van der Waals surface area contributed by atoms with Gasteiger partial charge in [-0.05, 0) is 61.1 Å². The van der Waals surface area contributed by atoms with Crippen molar-refractivity contribution < 1.29 is 4.39 Å². The van der Waals surface area contributed by atoms with Crippen LogP contribution in [0.15, 0.2) is 46.9 Å². The van der Waals surface area contributed by atoms with E-state index in [9.17, 15) is 4.39 Å². The van der Waals surface area contributed by atoms with Crippen LogP contribution < -0.4 is 5.32 Å². The fraction of sp³-hybridized carbons (Fsp3) is 0.294. The Hall–Kier alpha value is -1.35. The van der Waals surface area contributed by atoms with Crippen LogP contribution in [0, 0.1) is 12.7 Å². The van der Waals surface area contributed by atoms with E-state index < -0.39 is 0 Å². The standard InChI is InChI=1S/C17H17BrFN/c1-11-8-13(18)6-7-17(11)20-14-9-12(10-14)15-4-2-3-5-16(15)19/h2-8,12,14,20H,9-10H2,1H3. The maximum Gasteiger partial charge on any atom is 0.126 e. The highest BCUT2D eigenvalue weighted by atomic mass is 79.9. The lowest BCUT2D eigenvalue weighted by atomic mass is 9.75. The van der Waals surface area contributed by atoms with Crippen LogP contribution in [0.25, 0.3) is 0 Å². The molecule has 0 amide bonds. The number of nitrogens with one attached hydrogen (secondary N) is 1. The first-order valence-electron chi connectivity index (χ1n) is 6.90. The molecule has 0 heterocycles. The van der Waals surface area contributed by atoms with Crippen molar-refractivity contribution in [2.24, 2.45) is 0 Å². The SMILES string of the molecule is Cc1cc(Br)ccc1NC1CC(c2ccccc2F)C1. The maximum absolute atomic E-state index is 13.7. The number of benzene rings is 2. The summed E-state index contributed by atoms with van der Waals surface area (Å²) in [6.45, 7) is 2.10. The second-order valence-electron chi connectivity index (χ2n) is 5.49. The summed E-state index contributed by atoms with van der Waals surface area (Å²) < 4.78 is 14.8. The van der Waals surface area contributed by atoms with E-state index in [1.165, 1.54) is 11.3 Å². The fourth-order valence-electron chi connectivity index (χ4n) is 2.80. The normalized spacial score (nSPS) is 21.4. The van der Waals surface area contributed by atoms with Crippen molar-refractivity contribution in [1.82, 2.24) is 0 Å². The minimum Gasteiger partial charge on any atom is -0.382 e. The summed E-state index contributed by atoms with van der Waals surface area (Å²) in [6, 6.07) is 13.8. The molecule has 0 radical (unpaired) electrons. The van der Waals surface area contributed by atoms with Gasteiger partial charge in [0, 0.05) is 16.2 Å². The molecular weight excluding hydrogens is 317 g/mol. The first kappa shape index (κ1) is 13.6. The van der Waals surface area contributed by atoms with Gasteiger partial charge in [-0.25, -0.2) is 4.39 Å². The molecule has 0 unspecified atom stereocenters. The summed E-state index contributed by atoms with van der Waals surface area (Å²) in [5.41, 5.74) is 3.26.